The highest BCUT2D eigenvalue weighted by Crippen LogP contribution is 2.61. The number of thiazole rings is 1. The average molecular weight is 356 g/mol. The Hall–Kier alpha value is -1.88. The number of hydrogen-bond acceptors (Lipinski definition) is 4. The molecular formula is C20H24N2O2S. The Kier molecular flexibility index (Phi) is 4.50. The average Bonchev–Trinajstić information content (AvgIpc) is 3.24. The maximum Gasteiger partial charge on any atom is 0.237 e. The van der Waals surface area contributed by atoms with Crippen LogP contribution >= 0.6 is 11.3 Å². The van der Waals surface area contributed by atoms with Crippen molar-refractivity contribution in [3.63, 3.8) is 0 Å². The number of ether oxygens (including phenoxy) is 1. The molecule has 2 aliphatic rings. The largest absolute Gasteiger partial charge is 0.497 e. The Labute approximate surface area is 152 Å². The minimum atomic E-state index is -0.428. The summed E-state index contributed by atoms with van der Waals surface area (Å²) in [7, 11) is 1.67. The number of amides is 1. The summed E-state index contributed by atoms with van der Waals surface area (Å²) in [6.07, 6.45) is 9.08. The van der Waals surface area contributed by atoms with Gasteiger partial charge in [-0.15, -0.1) is 11.3 Å². The van der Waals surface area contributed by atoms with Gasteiger partial charge in [0.2, 0.25) is 5.91 Å². The summed E-state index contributed by atoms with van der Waals surface area (Å²) >= 11 is 1.47. The molecule has 2 fully saturated rings. The predicted octanol–water partition coefficient (Wildman–Crippen LogP) is 4.63. The monoisotopic (exact) mass is 356 g/mol. The van der Waals surface area contributed by atoms with E-state index in [2.05, 4.69) is 16.4 Å². The first kappa shape index (κ1) is 16.6. The van der Waals surface area contributed by atoms with Crippen LogP contribution in [-0.4, -0.2) is 18.0 Å². The highest BCUT2D eigenvalue weighted by molar-refractivity contribution is 7.13. The van der Waals surface area contributed by atoms with Crippen molar-refractivity contribution in [3.05, 3.63) is 41.4 Å². The maximum atomic E-state index is 13.3. The van der Waals surface area contributed by atoms with Gasteiger partial charge < -0.3 is 10.1 Å². The molecule has 2 aromatic rings. The molecule has 5 heteroatoms. The lowest BCUT2D eigenvalue weighted by atomic mass is 9.80. The van der Waals surface area contributed by atoms with Gasteiger partial charge in [-0.3, -0.25) is 4.79 Å². The molecule has 2 atom stereocenters. The van der Waals surface area contributed by atoms with Crippen molar-refractivity contribution in [1.82, 2.24) is 4.98 Å². The number of rotatable bonds is 5. The lowest BCUT2D eigenvalue weighted by molar-refractivity contribution is -0.119. The van der Waals surface area contributed by atoms with Gasteiger partial charge in [-0.05, 0) is 36.0 Å². The van der Waals surface area contributed by atoms with Gasteiger partial charge in [-0.25, -0.2) is 4.98 Å². The second-order valence-electron chi connectivity index (χ2n) is 7.20. The van der Waals surface area contributed by atoms with Crippen LogP contribution in [0.1, 0.15) is 44.1 Å². The van der Waals surface area contributed by atoms with E-state index >= 15 is 0 Å². The zero-order chi connectivity index (χ0) is 17.3. The van der Waals surface area contributed by atoms with E-state index in [4.69, 9.17) is 4.74 Å². The first-order chi connectivity index (χ1) is 12.2. The van der Waals surface area contributed by atoms with Crippen LogP contribution in [0.15, 0.2) is 35.8 Å². The van der Waals surface area contributed by atoms with E-state index in [1.54, 1.807) is 13.3 Å². The van der Waals surface area contributed by atoms with Gasteiger partial charge in [0.25, 0.3) is 0 Å². The molecule has 0 aliphatic heterocycles. The molecule has 132 valence electrons. The standard InChI is InChI=1S/C20H24N2O2S/c1-24-16-9-5-8-15(12-16)20(18(23)22-19-21-10-11-25-19)13-17(20)14-6-3-2-4-7-14/h5,8-12,14,17H,2-4,6-7,13H2,1H3,(H,21,22,23)/t17-,20-/m0/s1. The van der Waals surface area contributed by atoms with Gasteiger partial charge in [0.05, 0.1) is 12.5 Å². The summed E-state index contributed by atoms with van der Waals surface area (Å²) < 4.78 is 5.40. The molecule has 4 rings (SSSR count). The lowest BCUT2D eigenvalue weighted by Gasteiger charge is -2.25. The number of hydrogen-bond donors (Lipinski definition) is 1. The van der Waals surface area contributed by atoms with Crippen molar-refractivity contribution in [3.8, 4) is 5.75 Å². The molecule has 0 radical (unpaired) electrons. The van der Waals surface area contributed by atoms with E-state index in [1.165, 1.54) is 43.4 Å². The van der Waals surface area contributed by atoms with Crippen LogP contribution in [0, 0.1) is 11.8 Å². The second kappa shape index (κ2) is 6.79. The number of benzene rings is 1. The Balaban J connectivity index is 1.65. The molecule has 1 aromatic heterocycles. The van der Waals surface area contributed by atoms with Crippen molar-refractivity contribution in [2.75, 3.05) is 12.4 Å². The van der Waals surface area contributed by atoms with E-state index in [0.717, 1.165) is 17.7 Å². The molecule has 1 N–H and O–H groups in total. The van der Waals surface area contributed by atoms with Gasteiger partial charge in [0.1, 0.15) is 5.75 Å². The fourth-order valence-electron chi connectivity index (χ4n) is 4.51. The number of aromatic nitrogens is 1. The normalized spacial score (nSPS) is 26.2. The van der Waals surface area contributed by atoms with Crippen LogP contribution in [0.5, 0.6) is 5.75 Å². The second-order valence-corrected chi connectivity index (χ2v) is 8.10. The van der Waals surface area contributed by atoms with E-state index in [1.807, 2.05) is 23.6 Å². The first-order valence-corrected chi connectivity index (χ1v) is 9.97. The van der Waals surface area contributed by atoms with Crippen LogP contribution in [0.3, 0.4) is 0 Å². The van der Waals surface area contributed by atoms with Crippen molar-refractivity contribution < 1.29 is 9.53 Å². The molecule has 2 aliphatic carbocycles. The van der Waals surface area contributed by atoms with Gasteiger partial charge in [0.15, 0.2) is 5.13 Å². The Bertz CT molecular complexity index is 740. The van der Waals surface area contributed by atoms with Crippen LogP contribution < -0.4 is 10.1 Å². The van der Waals surface area contributed by atoms with Gasteiger partial charge >= 0.3 is 0 Å². The zero-order valence-electron chi connectivity index (χ0n) is 14.5. The van der Waals surface area contributed by atoms with Crippen LogP contribution in [-0.2, 0) is 10.2 Å². The molecule has 25 heavy (non-hydrogen) atoms. The van der Waals surface area contributed by atoms with Gasteiger partial charge in [-0.2, -0.15) is 0 Å². The topological polar surface area (TPSA) is 51.2 Å². The van der Waals surface area contributed by atoms with Crippen molar-refractivity contribution in [1.29, 1.82) is 0 Å². The Morgan fingerprint density at radius 2 is 2.16 bits per heavy atom. The Morgan fingerprint density at radius 1 is 1.32 bits per heavy atom. The number of anilines is 1. The quantitative estimate of drug-likeness (QED) is 0.850. The summed E-state index contributed by atoms with van der Waals surface area (Å²) in [4.78, 5) is 17.5. The molecule has 1 aromatic carbocycles. The van der Waals surface area contributed by atoms with Crippen molar-refractivity contribution in [2.24, 2.45) is 11.8 Å². The molecule has 0 unspecified atom stereocenters. The third-order valence-corrected chi connectivity index (χ3v) is 6.56. The zero-order valence-corrected chi connectivity index (χ0v) is 15.3. The highest BCUT2D eigenvalue weighted by Gasteiger charge is 2.63. The van der Waals surface area contributed by atoms with E-state index < -0.39 is 5.41 Å². The molecule has 1 amide bonds. The smallest absolute Gasteiger partial charge is 0.237 e. The molecule has 0 saturated heterocycles. The van der Waals surface area contributed by atoms with Gasteiger partial charge in [-0.1, -0.05) is 44.2 Å². The SMILES string of the molecule is COc1cccc([C@@]2(C(=O)Nc3nccs3)C[C@H]2C2CCCCC2)c1. The molecular weight excluding hydrogens is 332 g/mol. The third kappa shape index (κ3) is 3.06. The molecule has 4 nitrogen and oxygen atoms in total. The minimum absolute atomic E-state index is 0.0891. The molecule has 0 spiro atoms. The van der Waals surface area contributed by atoms with Crippen LogP contribution in [0.25, 0.3) is 0 Å². The fraction of sp³-hybridized carbons (Fsp3) is 0.500. The number of nitrogens with one attached hydrogen (secondary N) is 1. The summed E-state index contributed by atoms with van der Waals surface area (Å²) in [5.74, 6) is 1.99. The van der Waals surface area contributed by atoms with Crippen LogP contribution in [0.4, 0.5) is 5.13 Å². The minimum Gasteiger partial charge on any atom is -0.497 e. The van der Waals surface area contributed by atoms with Crippen LogP contribution in [0.2, 0.25) is 0 Å². The van der Waals surface area contributed by atoms with Gasteiger partial charge in [0, 0.05) is 11.6 Å². The summed E-state index contributed by atoms with van der Waals surface area (Å²) in [5, 5.41) is 5.63. The summed E-state index contributed by atoms with van der Waals surface area (Å²) in [6.45, 7) is 0. The Morgan fingerprint density at radius 3 is 2.88 bits per heavy atom. The summed E-state index contributed by atoms with van der Waals surface area (Å²) in [5.41, 5.74) is 0.652. The molecule has 0 bridgehead atoms. The predicted molar refractivity (Wildman–Crippen MR) is 100 cm³/mol. The van der Waals surface area contributed by atoms with E-state index in [0.29, 0.717) is 17.0 Å². The number of carbonyl (C=O) groups is 1. The first-order valence-electron chi connectivity index (χ1n) is 9.09. The molecule has 1 heterocycles. The molecule has 2 saturated carbocycles. The number of nitrogens with zero attached hydrogens (tertiary/aromatic N) is 1. The lowest BCUT2D eigenvalue weighted by Crippen LogP contribution is -2.32. The highest BCUT2D eigenvalue weighted by atomic mass is 32.1. The number of carbonyl (C=O) groups excluding carboxylic acids is 1. The third-order valence-electron chi connectivity index (χ3n) is 5.88. The summed E-state index contributed by atoms with van der Waals surface area (Å²) in [6, 6.07) is 8.04. The maximum absolute atomic E-state index is 13.3. The van der Waals surface area contributed by atoms with E-state index in [9.17, 15) is 4.79 Å². The fourth-order valence-corrected chi connectivity index (χ4v) is 5.04. The van der Waals surface area contributed by atoms with E-state index in [-0.39, 0.29) is 5.91 Å². The van der Waals surface area contributed by atoms with Crippen molar-refractivity contribution in [2.45, 2.75) is 43.9 Å². The number of methoxy groups -OCH3 is 1. The van der Waals surface area contributed by atoms with Crippen molar-refractivity contribution >= 4 is 22.4 Å².